The molecular weight excluding hydrogens is 462 g/mol. The first-order valence-corrected chi connectivity index (χ1v) is 13.3. The van der Waals surface area contributed by atoms with Crippen molar-refractivity contribution in [1.29, 1.82) is 0 Å². The number of rotatable bonds is 10. The zero-order valence-corrected chi connectivity index (χ0v) is 21.8. The molecule has 0 atom stereocenters. The van der Waals surface area contributed by atoms with Gasteiger partial charge in [0.1, 0.15) is 5.75 Å². The van der Waals surface area contributed by atoms with Gasteiger partial charge >= 0.3 is 0 Å². The van der Waals surface area contributed by atoms with Crippen LogP contribution in [0.5, 0.6) is 5.75 Å². The van der Waals surface area contributed by atoms with Crippen molar-refractivity contribution in [2.75, 3.05) is 50.8 Å². The molecule has 0 spiro atoms. The van der Waals surface area contributed by atoms with Crippen LogP contribution >= 0.6 is 11.6 Å². The Morgan fingerprint density at radius 1 is 1.09 bits per heavy atom. The molecule has 2 aliphatic rings. The van der Waals surface area contributed by atoms with Crippen molar-refractivity contribution >= 4 is 23.5 Å². The van der Waals surface area contributed by atoms with Crippen LogP contribution in [0.4, 0.5) is 5.95 Å². The highest BCUT2D eigenvalue weighted by Crippen LogP contribution is 2.26. The number of ether oxygens (including phenoxy) is 1. The Hall–Kier alpha value is -2.38. The fourth-order valence-electron chi connectivity index (χ4n) is 5.24. The first-order valence-electron chi connectivity index (χ1n) is 13.0. The maximum absolute atomic E-state index is 12.7. The number of carbonyl (C=O) groups is 1. The molecule has 2 fully saturated rings. The molecule has 190 valence electrons. The Bertz CT molecular complexity index is 947. The number of likely N-dealkylation sites (tertiary alicyclic amines) is 1. The zero-order valence-electron chi connectivity index (χ0n) is 21.1. The molecule has 0 unspecified atom stereocenters. The Morgan fingerprint density at radius 3 is 2.40 bits per heavy atom. The molecule has 8 heteroatoms. The second-order valence-electron chi connectivity index (χ2n) is 9.86. The van der Waals surface area contributed by atoms with Crippen LogP contribution < -0.4 is 15.0 Å². The maximum Gasteiger partial charge on any atom is 0.251 e. The van der Waals surface area contributed by atoms with E-state index in [1.165, 1.54) is 12.8 Å². The van der Waals surface area contributed by atoms with Gasteiger partial charge in [-0.15, -0.1) is 0 Å². The lowest BCUT2D eigenvalue weighted by molar-refractivity contribution is 0.0948. The first-order chi connectivity index (χ1) is 17.0. The van der Waals surface area contributed by atoms with E-state index in [2.05, 4.69) is 25.1 Å². The monoisotopic (exact) mass is 499 g/mol. The van der Waals surface area contributed by atoms with Crippen LogP contribution in [-0.2, 0) is 0 Å². The number of amides is 1. The average Bonchev–Trinajstić information content (AvgIpc) is 3.36. The number of aryl methyl sites for hydroxylation is 2. The molecule has 2 saturated heterocycles. The van der Waals surface area contributed by atoms with Gasteiger partial charge in [-0.2, -0.15) is 0 Å². The molecule has 0 radical (unpaired) electrons. The summed E-state index contributed by atoms with van der Waals surface area (Å²) in [5.41, 5.74) is 2.71. The number of anilines is 1. The summed E-state index contributed by atoms with van der Waals surface area (Å²) < 4.78 is 6.06. The van der Waals surface area contributed by atoms with E-state index < -0.39 is 0 Å². The summed E-state index contributed by atoms with van der Waals surface area (Å²) in [5, 5.41) is 3.66. The van der Waals surface area contributed by atoms with E-state index >= 15 is 0 Å². The van der Waals surface area contributed by atoms with Gasteiger partial charge in [0.2, 0.25) is 5.95 Å². The van der Waals surface area contributed by atoms with Gasteiger partial charge in [0, 0.05) is 31.7 Å². The van der Waals surface area contributed by atoms with Gasteiger partial charge in [-0.1, -0.05) is 11.6 Å². The van der Waals surface area contributed by atoms with Crippen LogP contribution in [0.1, 0.15) is 60.0 Å². The highest BCUT2D eigenvalue weighted by atomic mass is 35.5. The number of benzene rings is 1. The summed E-state index contributed by atoms with van der Waals surface area (Å²) in [6.07, 6.45) is 10.3. The van der Waals surface area contributed by atoms with Crippen molar-refractivity contribution in [3.8, 4) is 5.75 Å². The summed E-state index contributed by atoms with van der Waals surface area (Å²) in [6.45, 7) is 10.6. The van der Waals surface area contributed by atoms with Gasteiger partial charge in [-0.25, -0.2) is 9.97 Å². The molecule has 1 amide bonds. The van der Waals surface area contributed by atoms with Gasteiger partial charge < -0.3 is 19.9 Å². The normalized spacial score (nSPS) is 17.1. The largest absolute Gasteiger partial charge is 0.494 e. The number of aromatic nitrogens is 2. The average molecular weight is 500 g/mol. The first kappa shape index (κ1) is 25.7. The molecule has 3 heterocycles. The summed E-state index contributed by atoms with van der Waals surface area (Å²) >= 11 is 5.89. The smallest absolute Gasteiger partial charge is 0.251 e. The molecule has 1 aromatic heterocycles. The van der Waals surface area contributed by atoms with Gasteiger partial charge in [0.15, 0.2) is 0 Å². The molecule has 1 aromatic carbocycles. The van der Waals surface area contributed by atoms with E-state index in [0.717, 1.165) is 86.8 Å². The Balaban J connectivity index is 1.17. The molecule has 7 nitrogen and oxygen atoms in total. The van der Waals surface area contributed by atoms with Crippen molar-refractivity contribution in [2.24, 2.45) is 5.92 Å². The van der Waals surface area contributed by atoms with Gasteiger partial charge in [-0.05, 0) is 94.6 Å². The van der Waals surface area contributed by atoms with Crippen LogP contribution in [0.25, 0.3) is 0 Å². The molecule has 2 aliphatic heterocycles. The van der Waals surface area contributed by atoms with Crippen LogP contribution in [0, 0.1) is 19.8 Å². The van der Waals surface area contributed by atoms with Crippen molar-refractivity contribution in [3.05, 3.63) is 46.2 Å². The highest BCUT2D eigenvalue weighted by Gasteiger charge is 2.21. The lowest BCUT2D eigenvalue weighted by atomic mass is 9.92. The van der Waals surface area contributed by atoms with Crippen molar-refractivity contribution in [2.45, 2.75) is 52.4 Å². The number of nitrogens with one attached hydrogen (secondary N) is 1. The van der Waals surface area contributed by atoms with Crippen LogP contribution in [-0.4, -0.2) is 66.7 Å². The van der Waals surface area contributed by atoms with Crippen LogP contribution in [0.3, 0.4) is 0 Å². The van der Waals surface area contributed by atoms with Crippen LogP contribution in [0.2, 0.25) is 5.02 Å². The number of hydrogen-bond acceptors (Lipinski definition) is 6. The summed E-state index contributed by atoms with van der Waals surface area (Å²) in [5.74, 6) is 2.34. The second-order valence-corrected chi connectivity index (χ2v) is 10.3. The highest BCUT2D eigenvalue weighted by molar-refractivity contribution is 6.30. The fourth-order valence-corrected chi connectivity index (χ4v) is 5.34. The third-order valence-corrected chi connectivity index (χ3v) is 7.37. The van der Waals surface area contributed by atoms with Gasteiger partial charge in [0.25, 0.3) is 5.91 Å². The number of piperidine rings is 1. The predicted molar refractivity (Wildman–Crippen MR) is 141 cm³/mol. The predicted octanol–water partition coefficient (Wildman–Crippen LogP) is 4.65. The third-order valence-electron chi connectivity index (χ3n) is 7.18. The molecule has 0 aliphatic carbocycles. The second kappa shape index (κ2) is 12.5. The quantitative estimate of drug-likeness (QED) is 0.480. The maximum atomic E-state index is 12.7. The summed E-state index contributed by atoms with van der Waals surface area (Å²) in [7, 11) is 0. The molecule has 0 saturated carbocycles. The van der Waals surface area contributed by atoms with E-state index in [1.54, 1.807) is 12.4 Å². The standard InChI is InChI=1S/C27H38ClN5O2/c1-20-16-24(17-21(2)25(20)26(34)29-9-14-32-10-3-4-11-32)35-15-5-6-22-7-12-33(13-8-22)27-30-18-23(28)19-31-27/h16-19,22H,3-15H2,1-2H3,(H,29,34). The molecule has 4 rings (SSSR count). The third kappa shape index (κ3) is 7.31. The molecule has 2 aromatic rings. The SMILES string of the molecule is Cc1cc(OCCCC2CCN(c3ncc(Cl)cn3)CC2)cc(C)c1C(=O)NCCN1CCCC1. The minimum absolute atomic E-state index is 0.0149. The van der Waals surface area contributed by atoms with E-state index in [4.69, 9.17) is 16.3 Å². The lowest BCUT2D eigenvalue weighted by Crippen LogP contribution is -2.34. The zero-order chi connectivity index (χ0) is 24.6. The fraction of sp³-hybridized carbons (Fsp3) is 0.593. The van der Waals surface area contributed by atoms with E-state index in [1.807, 2.05) is 26.0 Å². The number of nitrogens with zero attached hydrogens (tertiary/aromatic N) is 4. The van der Waals surface area contributed by atoms with Gasteiger partial charge in [-0.3, -0.25) is 4.79 Å². The Morgan fingerprint density at radius 2 is 1.74 bits per heavy atom. The Kier molecular flexibility index (Phi) is 9.21. The van der Waals surface area contributed by atoms with Crippen molar-refractivity contribution in [1.82, 2.24) is 20.2 Å². The molecule has 35 heavy (non-hydrogen) atoms. The lowest BCUT2D eigenvalue weighted by Gasteiger charge is -2.32. The number of halogens is 1. The minimum atomic E-state index is 0.0149. The molecule has 0 bridgehead atoms. The summed E-state index contributed by atoms with van der Waals surface area (Å²) in [6, 6.07) is 3.99. The number of carbonyl (C=O) groups excluding carboxylic acids is 1. The van der Waals surface area contributed by atoms with E-state index in [9.17, 15) is 4.79 Å². The number of hydrogen-bond donors (Lipinski definition) is 1. The summed E-state index contributed by atoms with van der Waals surface area (Å²) in [4.78, 5) is 26.1. The van der Waals surface area contributed by atoms with Crippen molar-refractivity contribution < 1.29 is 9.53 Å². The molecule has 1 N–H and O–H groups in total. The van der Waals surface area contributed by atoms with Crippen LogP contribution in [0.15, 0.2) is 24.5 Å². The van der Waals surface area contributed by atoms with Crippen molar-refractivity contribution in [3.63, 3.8) is 0 Å². The van der Waals surface area contributed by atoms with E-state index in [0.29, 0.717) is 24.1 Å². The molecular formula is C27H38ClN5O2. The topological polar surface area (TPSA) is 70.6 Å². The van der Waals surface area contributed by atoms with Gasteiger partial charge in [0.05, 0.1) is 24.0 Å². The minimum Gasteiger partial charge on any atom is -0.494 e. The Labute approximate surface area is 214 Å². The van der Waals surface area contributed by atoms with E-state index in [-0.39, 0.29) is 5.91 Å².